The van der Waals surface area contributed by atoms with E-state index in [1.165, 1.54) is 0 Å². The van der Waals surface area contributed by atoms with E-state index in [1.54, 1.807) is 24.8 Å². The second-order valence-corrected chi connectivity index (χ2v) is 8.60. The van der Waals surface area contributed by atoms with Crippen LogP contribution in [0.2, 0.25) is 0 Å². The van der Waals surface area contributed by atoms with Gasteiger partial charge in [0.2, 0.25) is 5.91 Å². The third-order valence-electron chi connectivity index (χ3n) is 6.20. The van der Waals surface area contributed by atoms with E-state index < -0.39 is 5.41 Å². The topological polar surface area (TPSA) is 92.8 Å². The van der Waals surface area contributed by atoms with Crippen LogP contribution in [0.5, 0.6) is 5.75 Å². The minimum atomic E-state index is -0.560. The Morgan fingerprint density at radius 1 is 1.09 bits per heavy atom. The summed E-state index contributed by atoms with van der Waals surface area (Å²) in [5.74, 6) is 0.614. The van der Waals surface area contributed by atoms with Gasteiger partial charge in [-0.3, -0.25) is 19.9 Å². The lowest BCUT2D eigenvalue weighted by Gasteiger charge is -2.32. The number of anilines is 1. The van der Waals surface area contributed by atoms with Crippen LogP contribution >= 0.6 is 0 Å². The van der Waals surface area contributed by atoms with Crippen LogP contribution < -0.4 is 10.1 Å². The summed E-state index contributed by atoms with van der Waals surface area (Å²) in [5, 5.41) is 10.8. The van der Waals surface area contributed by atoms with Gasteiger partial charge in [0.05, 0.1) is 16.8 Å². The predicted octanol–water partition coefficient (Wildman–Crippen LogP) is 4.58. The summed E-state index contributed by atoms with van der Waals surface area (Å²) in [6, 6.07) is 15.2. The van der Waals surface area contributed by atoms with E-state index in [4.69, 9.17) is 4.74 Å². The first-order chi connectivity index (χ1) is 16.1. The number of aryl methyl sites for hydroxylation is 1. The Morgan fingerprint density at radius 2 is 1.94 bits per heavy atom. The zero-order chi connectivity index (χ0) is 22.7. The quantitative estimate of drug-likeness (QED) is 0.459. The number of fused-ring (bicyclic) bond motifs is 1. The van der Waals surface area contributed by atoms with Crippen LogP contribution in [0.4, 0.5) is 5.69 Å². The largest absolute Gasteiger partial charge is 0.487 e. The van der Waals surface area contributed by atoms with E-state index in [0.717, 1.165) is 40.9 Å². The van der Waals surface area contributed by atoms with Crippen molar-refractivity contribution in [2.75, 3.05) is 5.32 Å². The van der Waals surface area contributed by atoms with Crippen LogP contribution in [-0.4, -0.2) is 26.1 Å². The van der Waals surface area contributed by atoms with Gasteiger partial charge in [-0.25, -0.2) is 0 Å². The van der Waals surface area contributed by atoms with Crippen molar-refractivity contribution in [1.82, 2.24) is 20.2 Å². The van der Waals surface area contributed by atoms with Gasteiger partial charge in [-0.2, -0.15) is 5.10 Å². The molecule has 3 heterocycles. The minimum absolute atomic E-state index is 0.0209. The van der Waals surface area contributed by atoms with Crippen molar-refractivity contribution in [2.45, 2.75) is 32.8 Å². The summed E-state index contributed by atoms with van der Waals surface area (Å²) in [7, 11) is 0. The number of pyridine rings is 2. The highest BCUT2D eigenvalue weighted by Crippen LogP contribution is 2.40. The number of H-pyrrole nitrogens is 1. The molecule has 0 radical (unpaired) electrons. The molecule has 1 aromatic carbocycles. The maximum atomic E-state index is 13.5. The highest BCUT2D eigenvalue weighted by molar-refractivity contribution is 5.96. The maximum Gasteiger partial charge on any atom is 0.230 e. The summed E-state index contributed by atoms with van der Waals surface area (Å²) in [5.41, 5.74) is 5.18. The number of benzene rings is 1. The number of carbonyl (C=O) groups excluding carboxylic acids is 1. The Labute approximate surface area is 192 Å². The molecule has 166 valence electrons. The van der Waals surface area contributed by atoms with Crippen LogP contribution in [0.25, 0.3) is 11.3 Å². The van der Waals surface area contributed by atoms with Gasteiger partial charge in [0.25, 0.3) is 0 Å². The van der Waals surface area contributed by atoms with Crippen molar-refractivity contribution in [1.29, 1.82) is 0 Å². The summed E-state index contributed by atoms with van der Waals surface area (Å²) in [6.45, 7) is 2.40. The highest BCUT2D eigenvalue weighted by Gasteiger charge is 2.39. The normalized spacial score (nSPS) is 17.2. The van der Waals surface area contributed by atoms with E-state index in [-0.39, 0.29) is 5.91 Å². The van der Waals surface area contributed by atoms with Gasteiger partial charge in [-0.1, -0.05) is 25.1 Å². The van der Waals surface area contributed by atoms with E-state index in [9.17, 15) is 4.79 Å². The number of ether oxygens (including phenoxy) is 1. The molecule has 0 saturated heterocycles. The Bertz CT molecular complexity index is 1260. The molecule has 3 aromatic heterocycles. The third-order valence-corrected chi connectivity index (χ3v) is 6.20. The third kappa shape index (κ3) is 4.35. The molecule has 0 aliphatic heterocycles. The van der Waals surface area contributed by atoms with Gasteiger partial charge in [-0.05, 0) is 49.6 Å². The second kappa shape index (κ2) is 8.86. The van der Waals surface area contributed by atoms with Gasteiger partial charge >= 0.3 is 0 Å². The molecule has 1 amide bonds. The molecule has 2 N–H and O–H groups in total. The van der Waals surface area contributed by atoms with E-state index in [1.807, 2.05) is 55.5 Å². The van der Waals surface area contributed by atoms with Crippen LogP contribution in [-0.2, 0) is 24.2 Å². The average molecular weight is 440 g/mol. The number of nitrogens with zero attached hydrogens (tertiary/aromatic N) is 3. The fourth-order valence-corrected chi connectivity index (χ4v) is 4.23. The van der Waals surface area contributed by atoms with E-state index in [0.29, 0.717) is 24.5 Å². The molecule has 5 rings (SSSR count). The number of carbonyl (C=O) groups is 1. The molecule has 1 aliphatic rings. The number of nitrogens with one attached hydrogen (secondary N) is 2. The number of hydrogen-bond acceptors (Lipinski definition) is 5. The summed E-state index contributed by atoms with van der Waals surface area (Å²) in [4.78, 5) is 21.7. The van der Waals surface area contributed by atoms with Gasteiger partial charge in [0.15, 0.2) is 0 Å². The molecule has 1 atom stereocenters. The molecule has 0 fully saturated rings. The van der Waals surface area contributed by atoms with Gasteiger partial charge in [0.1, 0.15) is 12.4 Å². The Kier molecular flexibility index (Phi) is 5.60. The summed E-state index contributed by atoms with van der Waals surface area (Å²) in [6.07, 6.45) is 9.14. The fraction of sp³-hybridized carbons (Fsp3) is 0.231. The molecule has 7 heteroatoms. The molecular formula is C26H25N5O2. The van der Waals surface area contributed by atoms with Gasteiger partial charge in [0, 0.05) is 47.2 Å². The first-order valence-corrected chi connectivity index (χ1v) is 11.0. The first-order valence-electron chi connectivity index (χ1n) is 11.0. The van der Waals surface area contributed by atoms with Gasteiger partial charge in [-0.15, -0.1) is 0 Å². The Morgan fingerprint density at radius 3 is 2.76 bits per heavy atom. The smallest absolute Gasteiger partial charge is 0.230 e. The molecule has 1 unspecified atom stereocenters. The average Bonchev–Trinajstić information content (AvgIpc) is 3.27. The zero-order valence-electron chi connectivity index (χ0n) is 18.4. The molecule has 0 spiro atoms. The van der Waals surface area contributed by atoms with Gasteiger partial charge < -0.3 is 10.1 Å². The number of aromatic nitrogens is 4. The molecule has 7 nitrogen and oxygen atoms in total. The van der Waals surface area contributed by atoms with Crippen molar-refractivity contribution in [3.05, 3.63) is 90.1 Å². The molecule has 4 aromatic rings. The standard InChI is InChI=1S/C26H25N5O2/c1-26(11-8-21-20(15-26)24(31-30-21)19-9-13-27-14-10-19)25(32)29-22-6-2-3-7-23(22)33-17-18-5-4-12-28-16-18/h2-7,9-10,12-14,16H,8,11,15,17H2,1H3,(H,29,32)(H,30,31). The van der Waals surface area contributed by atoms with Crippen molar-refractivity contribution >= 4 is 11.6 Å². The number of para-hydroxylation sites is 2. The maximum absolute atomic E-state index is 13.5. The Balaban J connectivity index is 1.34. The second-order valence-electron chi connectivity index (χ2n) is 8.60. The molecule has 1 aliphatic carbocycles. The van der Waals surface area contributed by atoms with Crippen molar-refractivity contribution in [3.8, 4) is 17.0 Å². The van der Waals surface area contributed by atoms with Crippen LogP contribution in [0.3, 0.4) is 0 Å². The zero-order valence-corrected chi connectivity index (χ0v) is 18.4. The fourth-order valence-electron chi connectivity index (χ4n) is 4.23. The van der Waals surface area contributed by atoms with Crippen molar-refractivity contribution < 1.29 is 9.53 Å². The number of rotatable bonds is 6. The Hall–Kier alpha value is -4.00. The van der Waals surface area contributed by atoms with Crippen LogP contribution in [0.1, 0.15) is 30.2 Å². The number of amides is 1. The lowest BCUT2D eigenvalue weighted by atomic mass is 9.73. The monoisotopic (exact) mass is 439 g/mol. The predicted molar refractivity (Wildman–Crippen MR) is 126 cm³/mol. The molecule has 0 bridgehead atoms. The summed E-state index contributed by atoms with van der Waals surface area (Å²) < 4.78 is 5.99. The number of hydrogen-bond donors (Lipinski definition) is 2. The van der Waals surface area contributed by atoms with Crippen molar-refractivity contribution in [3.63, 3.8) is 0 Å². The van der Waals surface area contributed by atoms with E-state index in [2.05, 4.69) is 25.5 Å². The van der Waals surface area contributed by atoms with Crippen LogP contribution in [0.15, 0.2) is 73.3 Å². The minimum Gasteiger partial charge on any atom is -0.487 e. The highest BCUT2D eigenvalue weighted by atomic mass is 16.5. The SMILES string of the molecule is CC1(C(=O)Nc2ccccc2OCc2cccnc2)CCc2[nH]nc(-c3ccncc3)c2C1. The molecule has 0 saturated carbocycles. The molecular weight excluding hydrogens is 414 g/mol. The summed E-state index contributed by atoms with van der Waals surface area (Å²) >= 11 is 0. The van der Waals surface area contributed by atoms with Crippen LogP contribution in [0, 0.1) is 5.41 Å². The number of aromatic amines is 1. The molecule has 33 heavy (non-hydrogen) atoms. The van der Waals surface area contributed by atoms with Crippen molar-refractivity contribution in [2.24, 2.45) is 5.41 Å². The lowest BCUT2D eigenvalue weighted by Crippen LogP contribution is -2.38. The lowest BCUT2D eigenvalue weighted by molar-refractivity contribution is -0.125. The van der Waals surface area contributed by atoms with E-state index >= 15 is 0 Å². The first kappa shape index (κ1) is 20.9.